The third-order valence-corrected chi connectivity index (χ3v) is 6.03. The summed E-state index contributed by atoms with van der Waals surface area (Å²) in [6.07, 6.45) is 2.24. The fourth-order valence-corrected chi connectivity index (χ4v) is 4.31. The molecule has 1 aliphatic rings. The molecule has 1 saturated heterocycles. The Morgan fingerprint density at radius 2 is 1.87 bits per heavy atom. The number of halogens is 2. The lowest BCUT2D eigenvalue weighted by molar-refractivity contribution is -0.113. The van der Waals surface area contributed by atoms with E-state index in [1.54, 1.807) is 0 Å². The summed E-state index contributed by atoms with van der Waals surface area (Å²) in [5, 5.41) is 6.41. The third kappa shape index (κ3) is 6.28. The smallest absolute Gasteiger partial charge is 0.341 e. The fraction of sp³-hybridized carbons (Fsp3) is 0.333. The van der Waals surface area contributed by atoms with Crippen molar-refractivity contribution >= 4 is 52.5 Å². The van der Waals surface area contributed by atoms with E-state index >= 15 is 0 Å². The molecule has 2 aromatic rings. The molecule has 0 aliphatic carbocycles. The number of amides is 1. The van der Waals surface area contributed by atoms with Crippen molar-refractivity contribution in [2.45, 2.75) is 23.8 Å². The highest BCUT2D eigenvalue weighted by atomic mass is 35.5. The lowest BCUT2D eigenvalue weighted by Gasteiger charge is -2.23. The molecule has 0 unspecified atom stereocenters. The fourth-order valence-electron chi connectivity index (χ4n) is 3.04. The third-order valence-electron chi connectivity index (χ3n) is 4.50. The minimum atomic E-state index is -0.649. The van der Waals surface area contributed by atoms with Crippen LogP contribution in [0.4, 0.5) is 5.69 Å². The van der Waals surface area contributed by atoms with Crippen LogP contribution in [0.15, 0.2) is 41.3 Å². The molecular formula is C21H22Cl2N2O4S. The number of carbonyl (C=O) groups is 2. The SMILES string of the molecule is COC(=O)c1c(Cl)cc(Cl)cc1NC(=O)CSc1ccc(OC2CCNCC2)cc1. The summed E-state index contributed by atoms with van der Waals surface area (Å²) >= 11 is 13.5. The van der Waals surface area contributed by atoms with Crippen LogP contribution in [0.3, 0.4) is 0 Å². The van der Waals surface area contributed by atoms with E-state index in [2.05, 4.69) is 10.6 Å². The van der Waals surface area contributed by atoms with E-state index in [0.29, 0.717) is 5.02 Å². The molecule has 1 fully saturated rings. The van der Waals surface area contributed by atoms with Crippen LogP contribution in [0.1, 0.15) is 23.2 Å². The van der Waals surface area contributed by atoms with E-state index in [4.69, 9.17) is 32.7 Å². The molecule has 0 spiro atoms. The number of ether oxygens (including phenoxy) is 2. The van der Waals surface area contributed by atoms with E-state index in [1.165, 1.54) is 31.0 Å². The van der Waals surface area contributed by atoms with Crippen LogP contribution in [-0.2, 0) is 9.53 Å². The van der Waals surface area contributed by atoms with E-state index in [-0.39, 0.29) is 34.0 Å². The largest absolute Gasteiger partial charge is 0.490 e. The van der Waals surface area contributed by atoms with Crippen molar-refractivity contribution in [2.24, 2.45) is 0 Å². The van der Waals surface area contributed by atoms with E-state index in [1.807, 2.05) is 24.3 Å². The molecule has 2 N–H and O–H groups in total. The van der Waals surface area contributed by atoms with Crippen molar-refractivity contribution in [3.8, 4) is 5.75 Å². The number of hydrogen-bond acceptors (Lipinski definition) is 6. The predicted molar refractivity (Wildman–Crippen MR) is 120 cm³/mol. The number of esters is 1. The zero-order valence-electron chi connectivity index (χ0n) is 16.4. The molecule has 3 rings (SSSR count). The van der Waals surface area contributed by atoms with Gasteiger partial charge in [0.05, 0.1) is 23.6 Å². The quantitative estimate of drug-likeness (QED) is 0.455. The van der Waals surface area contributed by atoms with Crippen LogP contribution in [0.25, 0.3) is 0 Å². The number of piperidine rings is 1. The van der Waals surface area contributed by atoms with Gasteiger partial charge in [-0.15, -0.1) is 11.8 Å². The highest BCUT2D eigenvalue weighted by Gasteiger charge is 2.19. The average Bonchev–Trinajstić information content (AvgIpc) is 2.73. The summed E-state index contributed by atoms with van der Waals surface area (Å²) in [7, 11) is 1.24. The van der Waals surface area contributed by atoms with Crippen LogP contribution in [0, 0.1) is 0 Å². The van der Waals surface area contributed by atoms with Gasteiger partial charge >= 0.3 is 5.97 Å². The van der Waals surface area contributed by atoms with Gasteiger partial charge in [0.25, 0.3) is 0 Å². The van der Waals surface area contributed by atoms with Crippen LogP contribution in [0.2, 0.25) is 10.0 Å². The molecule has 0 saturated carbocycles. The maximum atomic E-state index is 12.4. The minimum absolute atomic E-state index is 0.0707. The first-order chi connectivity index (χ1) is 14.5. The highest BCUT2D eigenvalue weighted by molar-refractivity contribution is 8.00. The zero-order valence-corrected chi connectivity index (χ0v) is 18.7. The van der Waals surface area contributed by atoms with E-state index < -0.39 is 5.97 Å². The lowest BCUT2D eigenvalue weighted by atomic mass is 10.1. The van der Waals surface area contributed by atoms with Crippen molar-refractivity contribution in [1.82, 2.24) is 5.32 Å². The van der Waals surface area contributed by atoms with Gasteiger partial charge in [-0.25, -0.2) is 4.79 Å². The van der Waals surface area contributed by atoms with Gasteiger partial charge in [0.2, 0.25) is 5.91 Å². The summed E-state index contributed by atoms with van der Waals surface area (Å²) in [4.78, 5) is 25.3. The van der Waals surface area contributed by atoms with Gasteiger partial charge in [-0.2, -0.15) is 0 Å². The zero-order chi connectivity index (χ0) is 21.5. The Hall–Kier alpha value is -1.93. The normalized spacial score (nSPS) is 14.2. The minimum Gasteiger partial charge on any atom is -0.490 e. The average molecular weight is 469 g/mol. The Labute approximate surface area is 189 Å². The summed E-state index contributed by atoms with van der Waals surface area (Å²) in [6.45, 7) is 1.95. The molecule has 1 amide bonds. The molecule has 1 aliphatic heterocycles. The second-order valence-electron chi connectivity index (χ2n) is 6.68. The number of methoxy groups -OCH3 is 1. The first kappa shape index (κ1) is 22.7. The summed E-state index contributed by atoms with van der Waals surface area (Å²) < 4.78 is 10.7. The monoisotopic (exact) mass is 468 g/mol. The molecule has 9 heteroatoms. The van der Waals surface area contributed by atoms with Gasteiger partial charge in [0.15, 0.2) is 0 Å². The van der Waals surface area contributed by atoms with Crippen molar-refractivity contribution < 1.29 is 19.1 Å². The number of anilines is 1. The van der Waals surface area contributed by atoms with Crippen LogP contribution in [-0.4, -0.2) is 43.9 Å². The Morgan fingerprint density at radius 3 is 2.53 bits per heavy atom. The number of hydrogen-bond donors (Lipinski definition) is 2. The van der Waals surface area contributed by atoms with Crippen molar-refractivity contribution in [2.75, 3.05) is 31.3 Å². The first-order valence-corrected chi connectivity index (χ1v) is 11.2. The van der Waals surface area contributed by atoms with Crippen LogP contribution < -0.4 is 15.4 Å². The lowest BCUT2D eigenvalue weighted by Crippen LogP contribution is -2.34. The van der Waals surface area contributed by atoms with E-state index in [0.717, 1.165) is 36.6 Å². The summed E-state index contributed by atoms with van der Waals surface area (Å²) in [5.74, 6) is 0.0358. The molecule has 0 atom stereocenters. The second-order valence-corrected chi connectivity index (χ2v) is 8.57. The van der Waals surface area contributed by atoms with Gasteiger partial charge in [0.1, 0.15) is 17.4 Å². The molecule has 1 heterocycles. The van der Waals surface area contributed by atoms with Crippen LogP contribution in [0.5, 0.6) is 5.75 Å². The van der Waals surface area contributed by atoms with Gasteiger partial charge in [-0.05, 0) is 62.3 Å². The summed E-state index contributed by atoms with van der Waals surface area (Å²) in [6, 6.07) is 10.6. The van der Waals surface area contributed by atoms with Gasteiger partial charge in [-0.1, -0.05) is 23.2 Å². The Balaban J connectivity index is 1.56. The van der Waals surface area contributed by atoms with Crippen molar-refractivity contribution in [3.05, 3.63) is 52.0 Å². The molecule has 160 valence electrons. The van der Waals surface area contributed by atoms with E-state index in [9.17, 15) is 9.59 Å². The van der Waals surface area contributed by atoms with Gasteiger partial charge in [0, 0.05) is 9.92 Å². The molecular weight excluding hydrogens is 447 g/mol. The number of benzene rings is 2. The Bertz CT molecular complexity index is 903. The number of carbonyl (C=O) groups excluding carboxylic acids is 2. The second kappa shape index (κ2) is 10.9. The predicted octanol–water partition coefficient (Wildman–Crippen LogP) is 4.64. The standard InChI is InChI=1S/C21H22Cl2N2O4S/c1-28-21(27)20-17(23)10-13(22)11-18(20)25-19(26)12-30-16-4-2-14(3-5-16)29-15-6-8-24-9-7-15/h2-5,10-11,15,24H,6-9,12H2,1H3,(H,25,26). The Morgan fingerprint density at radius 1 is 1.17 bits per heavy atom. The molecule has 0 aromatic heterocycles. The van der Waals surface area contributed by atoms with Gasteiger partial charge in [-0.3, -0.25) is 4.79 Å². The maximum absolute atomic E-state index is 12.4. The maximum Gasteiger partial charge on any atom is 0.341 e. The molecule has 30 heavy (non-hydrogen) atoms. The van der Waals surface area contributed by atoms with Gasteiger partial charge < -0.3 is 20.1 Å². The van der Waals surface area contributed by atoms with Crippen LogP contribution >= 0.6 is 35.0 Å². The molecule has 2 aromatic carbocycles. The van der Waals surface area contributed by atoms with Crippen molar-refractivity contribution in [3.63, 3.8) is 0 Å². The molecule has 0 radical (unpaired) electrons. The molecule has 0 bridgehead atoms. The number of thioether (sulfide) groups is 1. The Kier molecular flexibility index (Phi) is 8.27. The highest BCUT2D eigenvalue weighted by Crippen LogP contribution is 2.30. The van der Waals surface area contributed by atoms with Crippen molar-refractivity contribution in [1.29, 1.82) is 0 Å². The number of nitrogens with one attached hydrogen (secondary N) is 2. The number of rotatable bonds is 7. The summed E-state index contributed by atoms with van der Waals surface area (Å²) in [5.41, 5.74) is 0.289. The topological polar surface area (TPSA) is 76.7 Å². The molecule has 6 nitrogen and oxygen atoms in total. The first-order valence-electron chi connectivity index (χ1n) is 9.43.